The lowest BCUT2D eigenvalue weighted by Crippen LogP contribution is -2.37. The molecule has 3 N–H and O–H groups in total. The van der Waals surface area contributed by atoms with Gasteiger partial charge in [-0.3, -0.25) is 4.99 Å². The lowest BCUT2D eigenvalue weighted by atomic mass is 10.1. The van der Waals surface area contributed by atoms with Crippen molar-refractivity contribution in [1.82, 2.24) is 4.72 Å². The van der Waals surface area contributed by atoms with Crippen LogP contribution in [0.2, 0.25) is 0 Å². The average molecular weight is 329 g/mol. The zero-order chi connectivity index (χ0) is 17.5. The number of guanidine groups is 1. The molecular weight excluding hydrogens is 302 g/mol. The molecule has 0 aliphatic heterocycles. The van der Waals surface area contributed by atoms with E-state index in [2.05, 4.69) is 23.6 Å². The summed E-state index contributed by atoms with van der Waals surface area (Å²) in [5, 5.41) is 0. The van der Waals surface area contributed by atoms with Crippen LogP contribution < -0.4 is 15.2 Å². The van der Waals surface area contributed by atoms with E-state index >= 15 is 0 Å². The van der Waals surface area contributed by atoms with E-state index in [4.69, 9.17) is 10.5 Å². The van der Waals surface area contributed by atoms with Crippen LogP contribution in [0.5, 0.6) is 5.75 Å². The maximum atomic E-state index is 12.3. The van der Waals surface area contributed by atoms with E-state index < -0.39 is 10.0 Å². The number of nitrogens with one attached hydrogen (secondary N) is 1. The largest absolute Gasteiger partial charge is 0.496 e. The van der Waals surface area contributed by atoms with Crippen LogP contribution in [0, 0.1) is 20.8 Å². The summed E-state index contributed by atoms with van der Waals surface area (Å²) in [6.45, 7) is 9.51. The van der Waals surface area contributed by atoms with Crippen molar-refractivity contribution in [3.63, 3.8) is 0 Å². The second-order valence-electron chi connectivity index (χ2n) is 4.90. The summed E-state index contributed by atoms with van der Waals surface area (Å²) in [6.07, 6.45) is 1.25. The first kappa shape index (κ1) is 20.2. The third-order valence-electron chi connectivity index (χ3n) is 2.95. The summed E-state index contributed by atoms with van der Waals surface area (Å²) in [5.74, 6) is 0.512. The van der Waals surface area contributed by atoms with Crippen LogP contribution in [0.15, 0.2) is 16.0 Å². The molecule has 0 atom stereocenters. The van der Waals surface area contributed by atoms with E-state index in [-0.39, 0.29) is 10.9 Å². The molecule has 0 spiro atoms. The Balaban J connectivity index is 0.00000135. The lowest BCUT2D eigenvalue weighted by molar-refractivity contribution is 0.410. The molecule has 0 fully saturated rings. The normalized spacial score (nSPS) is 11.5. The quantitative estimate of drug-likeness (QED) is 0.657. The molecule has 0 unspecified atom stereocenters. The summed E-state index contributed by atoms with van der Waals surface area (Å²) in [7, 11) is -0.777. The van der Waals surface area contributed by atoms with Gasteiger partial charge in [0.1, 0.15) is 5.75 Å². The monoisotopic (exact) mass is 329 g/mol. The van der Waals surface area contributed by atoms with Gasteiger partial charge in [-0.25, -0.2) is 13.1 Å². The van der Waals surface area contributed by atoms with Crippen molar-refractivity contribution in [2.45, 2.75) is 45.9 Å². The number of nitrogens with two attached hydrogens (primary N) is 1. The Kier molecular flexibility index (Phi) is 7.94. The fraction of sp³-hybridized carbons (Fsp3) is 0.533. The van der Waals surface area contributed by atoms with Crippen molar-refractivity contribution in [3.8, 4) is 5.75 Å². The highest BCUT2D eigenvalue weighted by molar-refractivity contribution is 7.90. The first-order valence-electron chi connectivity index (χ1n) is 7.06. The number of sulfonamides is 1. The first-order chi connectivity index (χ1) is 10.2. The van der Waals surface area contributed by atoms with E-state index in [1.165, 1.54) is 13.5 Å². The molecule has 0 heterocycles. The molecule has 1 aromatic rings. The van der Waals surface area contributed by atoms with Crippen molar-refractivity contribution in [2.24, 2.45) is 10.7 Å². The van der Waals surface area contributed by atoms with Gasteiger partial charge in [-0.15, -0.1) is 0 Å². The van der Waals surface area contributed by atoms with Crippen LogP contribution in [0.4, 0.5) is 0 Å². The maximum Gasteiger partial charge on any atom is 0.264 e. The number of hydrogen-bond donors (Lipinski definition) is 2. The highest BCUT2D eigenvalue weighted by atomic mass is 32.2. The van der Waals surface area contributed by atoms with E-state index in [9.17, 15) is 8.42 Å². The van der Waals surface area contributed by atoms with E-state index in [1.807, 2.05) is 6.92 Å². The molecule has 7 heteroatoms. The Hall–Kier alpha value is -1.76. The van der Waals surface area contributed by atoms with Gasteiger partial charge >= 0.3 is 0 Å². The van der Waals surface area contributed by atoms with Crippen molar-refractivity contribution >= 4 is 16.0 Å². The fourth-order valence-corrected chi connectivity index (χ4v) is 3.39. The molecule has 0 aromatic heterocycles. The molecule has 0 bridgehead atoms. The predicted molar refractivity (Wildman–Crippen MR) is 91.0 cm³/mol. The van der Waals surface area contributed by atoms with Gasteiger partial charge in [-0.2, -0.15) is 0 Å². The Bertz CT molecular complexity index is 638. The Labute approximate surface area is 133 Å². The predicted octanol–water partition coefficient (Wildman–Crippen LogP) is 2.26. The third kappa shape index (κ3) is 4.91. The fourth-order valence-electron chi connectivity index (χ4n) is 1.88. The number of ether oxygens (including phenoxy) is 1. The molecule has 22 heavy (non-hydrogen) atoms. The zero-order valence-corrected chi connectivity index (χ0v) is 15.3. The van der Waals surface area contributed by atoms with Crippen molar-refractivity contribution in [3.05, 3.63) is 22.8 Å². The van der Waals surface area contributed by atoms with Gasteiger partial charge in [0.2, 0.25) is 5.96 Å². The second kappa shape index (κ2) is 8.63. The SMILES string of the molecule is CCC.CN=C(N)NS(=O)(=O)c1c(C)cc(OC)c(C)c1C. The minimum Gasteiger partial charge on any atom is -0.496 e. The molecule has 0 amide bonds. The highest BCUT2D eigenvalue weighted by Crippen LogP contribution is 2.30. The van der Waals surface area contributed by atoms with Crippen LogP contribution in [-0.4, -0.2) is 28.5 Å². The molecule has 6 nitrogen and oxygen atoms in total. The minimum absolute atomic E-state index is 0.146. The van der Waals surface area contributed by atoms with Gasteiger partial charge in [-0.05, 0) is 43.5 Å². The van der Waals surface area contributed by atoms with E-state index in [0.29, 0.717) is 16.9 Å². The number of aliphatic imine (C=N–C) groups is 1. The van der Waals surface area contributed by atoms with Gasteiger partial charge in [0, 0.05) is 7.05 Å². The summed E-state index contributed by atoms with van der Waals surface area (Å²) in [5.41, 5.74) is 7.43. The highest BCUT2D eigenvalue weighted by Gasteiger charge is 2.23. The number of hydrogen-bond acceptors (Lipinski definition) is 4. The van der Waals surface area contributed by atoms with Gasteiger partial charge in [-0.1, -0.05) is 20.3 Å². The number of aryl methyl sites for hydroxylation is 1. The van der Waals surface area contributed by atoms with Crippen LogP contribution >= 0.6 is 0 Å². The van der Waals surface area contributed by atoms with Crippen LogP contribution in [0.1, 0.15) is 37.0 Å². The Morgan fingerprint density at radius 1 is 1.27 bits per heavy atom. The number of rotatable bonds is 3. The Morgan fingerprint density at radius 2 is 1.77 bits per heavy atom. The van der Waals surface area contributed by atoms with Gasteiger partial charge in [0.15, 0.2) is 0 Å². The topological polar surface area (TPSA) is 93.8 Å². The number of methoxy groups -OCH3 is 1. The molecule has 0 radical (unpaired) electrons. The minimum atomic E-state index is -3.74. The second-order valence-corrected chi connectivity index (χ2v) is 6.52. The van der Waals surface area contributed by atoms with Crippen molar-refractivity contribution in [2.75, 3.05) is 14.2 Å². The average Bonchev–Trinajstić information content (AvgIpc) is 2.42. The summed E-state index contributed by atoms with van der Waals surface area (Å²) in [4.78, 5) is 3.80. The van der Waals surface area contributed by atoms with Crippen LogP contribution in [-0.2, 0) is 10.0 Å². The molecule has 0 aliphatic carbocycles. The lowest BCUT2D eigenvalue weighted by Gasteiger charge is -2.16. The summed E-state index contributed by atoms with van der Waals surface area (Å²) < 4.78 is 32.0. The Morgan fingerprint density at radius 3 is 2.18 bits per heavy atom. The third-order valence-corrected chi connectivity index (χ3v) is 4.59. The molecular formula is C15H27N3O3S. The molecule has 0 aliphatic rings. The maximum absolute atomic E-state index is 12.3. The summed E-state index contributed by atoms with van der Waals surface area (Å²) >= 11 is 0. The van der Waals surface area contributed by atoms with Gasteiger partial charge < -0.3 is 10.5 Å². The smallest absolute Gasteiger partial charge is 0.264 e. The number of nitrogens with zero attached hydrogens (tertiary/aromatic N) is 1. The van der Waals surface area contributed by atoms with Crippen molar-refractivity contribution in [1.29, 1.82) is 0 Å². The number of benzene rings is 1. The van der Waals surface area contributed by atoms with Gasteiger partial charge in [0.25, 0.3) is 10.0 Å². The summed E-state index contributed by atoms with van der Waals surface area (Å²) in [6, 6.07) is 1.69. The molecule has 1 aromatic carbocycles. The zero-order valence-electron chi connectivity index (χ0n) is 14.4. The van der Waals surface area contributed by atoms with Gasteiger partial charge in [0.05, 0.1) is 12.0 Å². The van der Waals surface area contributed by atoms with Crippen LogP contribution in [0.25, 0.3) is 0 Å². The molecule has 126 valence electrons. The molecule has 1 rings (SSSR count). The van der Waals surface area contributed by atoms with Crippen LogP contribution in [0.3, 0.4) is 0 Å². The standard InChI is InChI=1S/C12H19N3O3S.C3H8/c1-7-6-10(18-5)8(2)9(3)11(7)19(16,17)15-12(13)14-4;1-3-2/h6H,1-5H3,(H3,13,14,15);3H2,1-2H3. The molecule has 0 saturated heterocycles. The molecule has 0 saturated carbocycles. The van der Waals surface area contributed by atoms with Crippen molar-refractivity contribution < 1.29 is 13.2 Å². The first-order valence-corrected chi connectivity index (χ1v) is 8.54. The van der Waals surface area contributed by atoms with E-state index in [1.54, 1.807) is 27.0 Å². The van der Waals surface area contributed by atoms with E-state index in [0.717, 1.165) is 5.56 Å².